The van der Waals surface area contributed by atoms with Gasteiger partial charge in [0.25, 0.3) is 0 Å². The van der Waals surface area contributed by atoms with Crippen LogP contribution in [0.2, 0.25) is 0 Å². The average Bonchev–Trinajstić information content (AvgIpc) is 2.86. The van der Waals surface area contributed by atoms with E-state index in [1.807, 2.05) is 24.3 Å². The van der Waals surface area contributed by atoms with Crippen molar-refractivity contribution in [2.75, 3.05) is 20.8 Å². The third-order valence-corrected chi connectivity index (χ3v) is 7.09. The molecule has 1 aromatic rings. The number of aliphatic hydroxyl groups is 1. The molecule has 1 rings (SSSR count). The van der Waals surface area contributed by atoms with Crippen LogP contribution < -0.4 is 5.32 Å². The van der Waals surface area contributed by atoms with E-state index in [4.69, 9.17) is 18.3 Å². The minimum absolute atomic E-state index is 0.322. The smallest absolute Gasteiger partial charge is 0.444 e. The van der Waals surface area contributed by atoms with Gasteiger partial charge in [-0.25, -0.2) is 9.36 Å². The summed E-state index contributed by atoms with van der Waals surface area (Å²) in [5.41, 5.74) is 0.783. The van der Waals surface area contributed by atoms with Crippen LogP contribution in [0.1, 0.15) is 103 Å². The lowest BCUT2D eigenvalue weighted by Gasteiger charge is -2.27. The molecule has 0 heterocycles. The van der Waals surface area contributed by atoms with Crippen molar-refractivity contribution in [1.29, 1.82) is 0 Å². The molecule has 0 saturated heterocycles. The molecule has 2 N–H and O–H groups in total. The zero-order valence-electron chi connectivity index (χ0n) is 23.5. The van der Waals surface area contributed by atoms with E-state index in [1.54, 1.807) is 26.8 Å². The Morgan fingerprint density at radius 3 is 2.27 bits per heavy atom. The van der Waals surface area contributed by atoms with Crippen LogP contribution >= 0.6 is 7.82 Å². The summed E-state index contributed by atoms with van der Waals surface area (Å²) in [6.07, 6.45) is 13.6. The first-order chi connectivity index (χ1) is 17.5. The number of allylic oxidation sites excluding steroid dienone is 1. The average molecular weight is 542 g/mol. The third-order valence-electron chi connectivity index (χ3n) is 5.73. The highest BCUT2D eigenvalue weighted by atomic mass is 31.2. The van der Waals surface area contributed by atoms with Crippen LogP contribution in [0.4, 0.5) is 4.79 Å². The molecule has 212 valence electrons. The first kappa shape index (κ1) is 33.3. The largest absolute Gasteiger partial charge is 0.474 e. The van der Waals surface area contributed by atoms with Crippen LogP contribution in [0.3, 0.4) is 0 Å². The SMILES string of the molecule is CCCCCCCCCC/C=C/c1cccc([C@@H](O)[C@H](COP(=O)(OC)OC)NC(=O)OC(C)(C)C)c1. The van der Waals surface area contributed by atoms with Gasteiger partial charge in [-0.15, -0.1) is 0 Å². The van der Waals surface area contributed by atoms with Crippen molar-refractivity contribution in [1.82, 2.24) is 5.32 Å². The van der Waals surface area contributed by atoms with Crippen molar-refractivity contribution >= 4 is 20.0 Å². The zero-order valence-corrected chi connectivity index (χ0v) is 24.4. The molecule has 2 atom stereocenters. The number of carbonyl (C=O) groups excluding carboxylic acids is 1. The number of nitrogens with one attached hydrogen (secondary N) is 1. The van der Waals surface area contributed by atoms with Crippen molar-refractivity contribution in [3.8, 4) is 0 Å². The maximum absolute atomic E-state index is 12.4. The first-order valence-electron chi connectivity index (χ1n) is 13.3. The highest BCUT2D eigenvalue weighted by Gasteiger charge is 2.31. The van der Waals surface area contributed by atoms with E-state index < -0.39 is 31.7 Å². The summed E-state index contributed by atoms with van der Waals surface area (Å²) in [4.78, 5) is 12.4. The van der Waals surface area contributed by atoms with Gasteiger partial charge in [-0.05, 0) is 50.8 Å². The van der Waals surface area contributed by atoms with Crippen molar-refractivity contribution in [3.05, 3.63) is 41.5 Å². The Morgan fingerprint density at radius 2 is 1.68 bits per heavy atom. The van der Waals surface area contributed by atoms with E-state index in [9.17, 15) is 14.5 Å². The van der Waals surface area contributed by atoms with Crippen LogP contribution in [0, 0.1) is 0 Å². The van der Waals surface area contributed by atoms with Crippen LogP contribution in [-0.4, -0.2) is 43.7 Å². The number of carbonyl (C=O) groups is 1. The summed E-state index contributed by atoms with van der Waals surface area (Å²) >= 11 is 0. The molecule has 0 aliphatic carbocycles. The van der Waals surface area contributed by atoms with Gasteiger partial charge < -0.3 is 15.2 Å². The van der Waals surface area contributed by atoms with E-state index in [1.165, 1.54) is 59.2 Å². The molecule has 0 bridgehead atoms. The fraction of sp³-hybridized carbons (Fsp3) is 0.679. The molecular weight excluding hydrogens is 493 g/mol. The standard InChI is InChI=1S/C28H48NO7P/c1-7-8-9-10-11-12-13-14-15-16-18-23-19-17-20-24(21-23)26(30)25(22-35-37(32,33-5)34-6)29-27(31)36-28(2,3)4/h16-21,25-26,30H,7-15,22H2,1-6H3,(H,29,31)/b18-16+/t25-,26+/m0/s1. The lowest BCUT2D eigenvalue weighted by atomic mass is 10.00. The van der Waals surface area contributed by atoms with Crippen LogP contribution in [0.15, 0.2) is 30.3 Å². The number of unbranched alkanes of at least 4 members (excludes halogenated alkanes) is 8. The summed E-state index contributed by atoms with van der Waals surface area (Å²) in [5, 5.41) is 13.7. The lowest BCUT2D eigenvalue weighted by Crippen LogP contribution is -2.44. The molecule has 1 aromatic carbocycles. The number of rotatable bonds is 18. The lowest BCUT2D eigenvalue weighted by molar-refractivity contribution is 0.0329. The maximum Gasteiger partial charge on any atom is 0.474 e. The second-order valence-electron chi connectivity index (χ2n) is 10.1. The van der Waals surface area contributed by atoms with Crippen molar-refractivity contribution in [2.45, 2.75) is 103 Å². The number of aliphatic hydroxyl groups excluding tert-OH is 1. The van der Waals surface area contributed by atoms with Crippen molar-refractivity contribution in [3.63, 3.8) is 0 Å². The molecule has 0 radical (unpaired) electrons. The summed E-state index contributed by atoms with van der Waals surface area (Å²) in [6.45, 7) is 7.13. The van der Waals surface area contributed by atoms with E-state index in [0.717, 1.165) is 18.4 Å². The fourth-order valence-corrected chi connectivity index (χ4v) is 4.42. The van der Waals surface area contributed by atoms with Gasteiger partial charge in [0, 0.05) is 14.2 Å². The fourth-order valence-electron chi connectivity index (χ4n) is 3.72. The predicted octanol–water partition coefficient (Wildman–Crippen LogP) is 7.57. The van der Waals surface area contributed by atoms with Crippen molar-refractivity contribution < 1.29 is 32.8 Å². The third kappa shape index (κ3) is 14.7. The number of amides is 1. The van der Waals surface area contributed by atoms with E-state index >= 15 is 0 Å². The number of alkyl carbamates (subject to hydrolysis) is 1. The Hall–Kier alpha value is -1.70. The Balaban J connectivity index is 2.77. The minimum Gasteiger partial charge on any atom is -0.444 e. The predicted molar refractivity (Wildman–Crippen MR) is 148 cm³/mol. The summed E-state index contributed by atoms with van der Waals surface area (Å²) in [6, 6.07) is 6.44. The van der Waals surface area contributed by atoms with Gasteiger partial charge in [-0.3, -0.25) is 13.6 Å². The Bertz CT molecular complexity index is 845. The number of phosphoric ester groups is 1. The molecule has 0 aliphatic heterocycles. The molecule has 0 saturated carbocycles. The monoisotopic (exact) mass is 541 g/mol. The summed E-state index contributed by atoms with van der Waals surface area (Å²) in [5.74, 6) is 0. The highest BCUT2D eigenvalue weighted by Crippen LogP contribution is 2.47. The maximum atomic E-state index is 12.4. The molecule has 0 unspecified atom stereocenters. The molecule has 9 heteroatoms. The summed E-state index contributed by atoms with van der Waals surface area (Å²) < 4.78 is 32.6. The Morgan fingerprint density at radius 1 is 1.05 bits per heavy atom. The number of ether oxygens (including phenoxy) is 1. The quantitative estimate of drug-likeness (QED) is 0.146. The van der Waals surface area contributed by atoms with Gasteiger partial charge in [0.2, 0.25) is 0 Å². The molecule has 0 aliphatic rings. The molecule has 0 fully saturated rings. The second-order valence-corrected chi connectivity index (χ2v) is 12.0. The van der Waals surface area contributed by atoms with Gasteiger partial charge in [-0.2, -0.15) is 0 Å². The number of hydrogen-bond acceptors (Lipinski definition) is 7. The number of benzene rings is 1. The van der Waals surface area contributed by atoms with Gasteiger partial charge in [-0.1, -0.05) is 82.2 Å². The van der Waals surface area contributed by atoms with E-state index in [-0.39, 0.29) is 6.61 Å². The topological polar surface area (TPSA) is 103 Å². The summed E-state index contributed by atoms with van der Waals surface area (Å²) in [7, 11) is -1.42. The van der Waals surface area contributed by atoms with E-state index in [0.29, 0.717) is 5.56 Å². The Kier molecular flexibility index (Phi) is 16.0. The Labute approximate surface area is 223 Å². The van der Waals surface area contributed by atoms with Crippen LogP contribution in [0.5, 0.6) is 0 Å². The minimum atomic E-state index is -3.81. The molecule has 0 aromatic heterocycles. The van der Waals surface area contributed by atoms with Gasteiger partial charge in [0.1, 0.15) is 11.7 Å². The molecule has 37 heavy (non-hydrogen) atoms. The molecule has 8 nitrogen and oxygen atoms in total. The second kappa shape index (κ2) is 17.7. The van der Waals surface area contributed by atoms with E-state index in [2.05, 4.69) is 18.3 Å². The first-order valence-corrected chi connectivity index (χ1v) is 14.8. The molecular formula is C28H48NO7P. The number of hydrogen-bond donors (Lipinski definition) is 2. The number of phosphoric acid groups is 1. The zero-order chi connectivity index (χ0) is 27.7. The van der Waals surface area contributed by atoms with Gasteiger partial charge in [0.05, 0.1) is 12.6 Å². The van der Waals surface area contributed by atoms with Crippen molar-refractivity contribution in [2.24, 2.45) is 0 Å². The molecule has 1 amide bonds. The van der Waals surface area contributed by atoms with Gasteiger partial charge in [0.15, 0.2) is 0 Å². The highest BCUT2D eigenvalue weighted by molar-refractivity contribution is 7.48. The van der Waals surface area contributed by atoms with Gasteiger partial charge >= 0.3 is 13.9 Å². The molecule has 0 spiro atoms. The van der Waals surface area contributed by atoms with Crippen LogP contribution in [-0.2, 0) is 22.9 Å². The van der Waals surface area contributed by atoms with Crippen LogP contribution in [0.25, 0.3) is 6.08 Å². The normalized spacial score (nSPS) is 14.0.